The number of benzene rings is 2. The van der Waals surface area contributed by atoms with E-state index in [4.69, 9.17) is 4.74 Å². The van der Waals surface area contributed by atoms with Crippen molar-refractivity contribution in [2.24, 2.45) is 0 Å². The van der Waals surface area contributed by atoms with Crippen molar-refractivity contribution in [1.82, 2.24) is 19.5 Å². The van der Waals surface area contributed by atoms with Crippen LogP contribution in [0.15, 0.2) is 61.2 Å². The lowest BCUT2D eigenvalue weighted by Gasteiger charge is -2.08. The third-order valence-corrected chi connectivity index (χ3v) is 4.99. The van der Waals surface area contributed by atoms with Gasteiger partial charge in [-0.1, -0.05) is 12.1 Å². The topological polar surface area (TPSA) is 72.8 Å². The van der Waals surface area contributed by atoms with E-state index in [1.807, 2.05) is 35.2 Å². The number of esters is 1. The van der Waals surface area contributed by atoms with Gasteiger partial charge in [-0.05, 0) is 42.2 Å². The maximum Gasteiger partial charge on any atom is 0.338 e. The van der Waals surface area contributed by atoms with Crippen LogP contribution in [0, 0.1) is 0 Å². The van der Waals surface area contributed by atoms with E-state index < -0.39 is 0 Å². The molecule has 0 atom stereocenters. The minimum atomic E-state index is -0.314. The number of nitrogens with zero attached hydrogens (tertiary/aromatic N) is 3. The molecular weight excluding hydrogens is 372 g/mol. The predicted molar refractivity (Wildman–Crippen MR) is 111 cm³/mol. The summed E-state index contributed by atoms with van der Waals surface area (Å²) < 4.78 is 7.29. The zero-order chi connectivity index (χ0) is 19.3. The van der Waals surface area contributed by atoms with Crippen molar-refractivity contribution in [2.45, 2.75) is 6.42 Å². The van der Waals surface area contributed by atoms with Crippen LogP contribution in [-0.4, -0.2) is 44.1 Å². The van der Waals surface area contributed by atoms with Crippen molar-refractivity contribution < 1.29 is 9.53 Å². The zero-order valence-corrected chi connectivity index (χ0v) is 16.3. The van der Waals surface area contributed by atoms with Gasteiger partial charge < -0.3 is 9.72 Å². The molecule has 0 amide bonds. The lowest BCUT2D eigenvalue weighted by molar-refractivity contribution is 0.0530. The lowest BCUT2D eigenvalue weighted by atomic mass is 10.1. The van der Waals surface area contributed by atoms with E-state index >= 15 is 0 Å². The van der Waals surface area contributed by atoms with Crippen molar-refractivity contribution in [3.05, 3.63) is 78.1 Å². The highest BCUT2D eigenvalue weighted by Gasteiger charge is 2.11. The van der Waals surface area contributed by atoms with Gasteiger partial charge >= 0.3 is 5.97 Å². The number of nitrogens with one attached hydrogen (secondary N) is 1. The average molecular weight is 392 g/mol. The fourth-order valence-electron chi connectivity index (χ4n) is 3.05. The fourth-order valence-corrected chi connectivity index (χ4v) is 3.30. The molecule has 0 spiro atoms. The Kier molecular flexibility index (Phi) is 5.43. The highest BCUT2D eigenvalue weighted by Crippen LogP contribution is 2.21. The van der Waals surface area contributed by atoms with Crippen LogP contribution in [-0.2, 0) is 11.2 Å². The highest BCUT2D eigenvalue weighted by molar-refractivity contribution is 7.98. The Morgan fingerprint density at radius 2 is 2.14 bits per heavy atom. The summed E-state index contributed by atoms with van der Waals surface area (Å²) in [7, 11) is 0. The standard InChI is InChI=1S/C21H20N4O2S/c1-28-10-9-27-21(26)16-5-6-19-18(13-16)24-14-25(19)17-4-2-3-15(11-17)12-20-22-7-8-23-20/h2-8,11,13-14H,9-10,12H2,1H3,(H,22,23). The number of aromatic amines is 1. The van der Waals surface area contributed by atoms with Crippen LogP contribution < -0.4 is 0 Å². The molecule has 4 rings (SSSR count). The molecule has 0 unspecified atom stereocenters. The van der Waals surface area contributed by atoms with E-state index in [0.29, 0.717) is 12.2 Å². The van der Waals surface area contributed by atoms with Gasteiger partial charge in [0.15, 0.2) is 0 Å². The number of thioether (sulfide) groups is 1. The van der Waals surface area contributed by atoms with Crippen molar-refractivity contribution in [1.29, 1.82) is 0 Å². The van der Waals surface area contributed by atoms with E-state index in [-0.39, 0.29) is 5.97 Å². The molecule has 0 bridgehead atoms. The smallest absolute Gasteiger partial charge is 0.338 e. The van der Waals surface area contributed by atoms with Gasteiger partial charge in [-0.2, -0.15) is 11.8 Å². The van der Waals surface area contributed by atoms with Gasteiger partial charge in [-0.25, -0.2) is 14.8 Å². The first-order chi connectivity index (χ1) is 13.7. The molecule has 7 heteroatoms. The number of carbonyl (C=O) groups is 1. The second kappa shape index (κ2) is 8.31. The van der Waals surface area contributed by atoms with Gasteiger partial charge in [0.05, 0.1) is 16.6 Å². The van der Waals surface area contributed by atoms with Crippen LogP contribution in [0.2, 0.25) is 0 Å². The summed E-state index contributed by atoms with van der Waals surface area (Å²) in [5.41, 5.74) is 4.39. The first-order valence-corrected chi connectivity index (χ1v) is 10.3. The Labute approximate surface area is 167 Å². The van der Waals surface area contributed by atoms with Crippen molar-refractivity contribution >= 4 is 28.8 Å². The largest absolute Gasteiger partial charge is 0.461 e. The van der Waals surface area contributed by atoms with Gasteiger partial charge in [-0.15, -0.1) is 0 Å². The lowest BCUT2D eigenvalue weighted by Crippen LogP contribution is -2.07. The molecule has 1 N–H and O–H groups in total. The maximum atomic E-state index is 12.2. The van der Waals surface area contributed by atoms with Gasteiger partial charge in [0, 0.05) is 30.3 Å². The molecule has 0 aliphatic carbocycles. The number of ether oxygens (including phenoxy) is 1. The molecule has 0 fully saturated rings. The number of imidazole rings is 2. The van der Waals surface area contributed by atoms with Crippen molar-refractivity contribution in [2.75, 3.05) is 18.6 Å². The summed E-state index contributed by atoms with van der Waals surface area (Å²) in [5.74, 6) is 1.40. The Balaban J connectivity index is 1.59. The first-order valence-electron chi connectivity index (χ1n) is 8.95. The summed E-state index contributed by atoms with van der Waals surface area (Å²) in [4.78, 5) is 24.0. The normalized spacial score (nSPS) is 11.0. The Bertz CT molecular complexity index is 1090. The number of hydrogen-bond donors (Lipinski definition) is 1. The quantitative estimate of drug-likeness (QED) is 0.382. The summed E-state index contributed by atoms with van der Waals surface area (Å²) >= 11 is 1.65. The third-order valence-electron chi connectivity index (χ3n) is 4.42. The first kappa shape index (κ1) is 18.3. The summed E-state index contributed by atoms with van der Waals surface area (Å²) in [6.45, 7) is 0.412. The van der Waals surface area contributed by atoms with E-state index in [1.54, 1.807) is 36.4 Å². The number of fused-ring (bicyclic) bond motifs is 1. The average Bonchev–Trinajstić information content (AvgIpc) is 3.37. The van der Waals surface area contributed by atoms with Crippen LogP contribution in [0.5, 0.6) is 0 Å². The Morgan fingerprint density at radius 1 is 1.21 bits per heavy atom. The molecule has 0 radical (unpaired) electrons. The van der Waals surface area contributed by atoms with Crippen LogP contribution in [0.4, 0.5) is 0 Å². The summed E-state index contributed by atoms with van der Waals surface area (Å²) in [6.07, 6.45) is 8.08. The molecule has 28 heavy (non-hydrogen) atoms. The molecule has 0 saturated carbocycles. The Morgan fingerprint density at radius 3 is 2.96 bits per heavy atom. The second-order valence-electron chi connectivity index (χ2n) is 6.33. The van der Waals surface area contributed by atoms with Crippen molar-refractivity contribution in [3.8, 4) is 5.69 Å². The third kappa shape index (κ3) is 3.94. The van der Waals surface area contributed by atoms with Crippen LogP contribution in [0.1, 0.15) is 21.7 Å². The summed E-state index contributed by atoms with van der Waals surface area (Å²) in [5, 5.41) is 0. The SMILES string of the molecule is CSCCOC(=O)c1ccc2c(c1)ncn2-c1cccc(Cc2ncc[nH]2)c1. The molecule has 4 aromatic rings. The summed E-state index contributed by atoms with van der Waals surface area (Å²) in [6, 6.07) is 13.7. The predicted octanol–water partition coefficient (Wildman–Crippen LogP) is 3.86. The highest BCUT2D eigenvalue weighted by atomic mass is 32.2. The number of aromatic nitrogens is 4. The van der Waals surface area contributed by atoms with E-state index in [9.17, 15) is 4.79 Å². The van der Waals surface area contributed by atoms with E-state index in [0.717, 1.165) is 40.3 Å². The number of rotatable bonds is 7. The number of H-pyrrole nitrogens is 1. The maximum absolute atomic E-state index is 12.2. The number of hydrogen-bond acceptors (Lipinski definition) is 5. The minimum Gasteiger partial charge on any atom is -0.461 e. The molecule has 0 aliphatic heterocycles. The molecule has 2 aromatic carbocycles. The molecule has 0 aliphatic rings. The molecule has 2 heterocycles. The zero-order valence-electron chi connectivity index (χ0n) is 15.5. The van der Waals surface area contributed by atoms with E-state index in [2.05, 4.69) is 27.1 Å². The second-order valence-corrected chi connectivity index (χ2v) is 7.31. The minimum absolute atomic E-state index is 0.314. The number of carbonyl (C=O) groups excluding carboxylic acids is 1. The van der Waals surface area contributed by atoms with Gasteiger partial charge in [0.25, 0.3) is 0 Å². The Hall–Kier alpha value is -3.06. The molecule has 142 valence electrons. The van der Waals surface area contributed by atoms with Gasteiger partial charge in [0.1, 0.15) is 18.8 Å². The molecule has 0 saturated heterocycles. The van der Waals surface area contributed by atoms with E-state index in [1.165, 1.54) is 0 Å². The molecule has 2 aromatic heterocycles. The fraction of sp³-hybridized carbons (Fsp3) is 0.190. The molecular formula is C21H20N4O2S. The van der Waals surface area contributed by atoms with Crippen LogP contribution >= 0.6 is 11.8 Å². The van der Waals surface area contributed by atoms with Crippen LogP contribution in [0.25, 0.3) is 16.7 Å². The van der Waals surface area contributed by atoms with Gasteiger partial charge in [-0.3, -0.25) is 4.57 Å². The van der Waals surface area contributed by atoms with Gasteiger partial charge in [0.2, 0.25) is 0 Å². The van der Waals surface area contributed by atoms with Crippen molar-refractivity contribution in [3.63, 3.8) is 0 Å². The molecule has 6 nitrogen and oxygen atoms in total. The van der Waals surface area contributed by atoms with Crippen LogP contribution in [0.3, 0.4) is 0 Å². The monoisotopic (exact) mass is 392 g/mol.